The molecule has 0 fully saturated rings. The number of hydrogen-bond acceptors (Lipinski definition) is 3. The molecule has 0 atom stereocenters. The molecule has 3 aromatic rings. The van der Waals surface area contributed by atoms with Crippen molar-refractivity contribution in [1.82, 2.24) is 4.98 Å². The van der Waals surface area contributed by atoms with Crippen LogP contribution in [0, 0.1) is 34.6 Å². The van der Waals surface area contributed by atoms with Gasteiger partial charge >= 0.3 is 0 Å². The van der Waals surface area contributed by atoms with E-state index in [1.165, 1.54) is 33.4 Å². The van der Waals surface area contributed by atoms with E-state index in [-0.39, 0.29) is 5.91 Å². The second kappa shape index (κ2) is 8.01. The van der Waals surface area contributed by atoms with Gasteiger partial charge in [0.25, 0.3) is 5.91 Å². The molecule has 0 spiro atoms. The van der Waals surface area contributed by atoms with Crippen LogP contribution in [-0.2, 0) is 12.8 Å². The lowest BCUT2D eigenvalue weighted by atomic mass is 9.88. The highest BCUT2D eigenvalue weighted by atomic mass is 16.3. The van der Waals surface area contributed by atoms with E-state index >= 15 is 0 Å². The van der Waals surface area contributed by atoms with E-state index in [1.807, 2.05) is 18.2 Å². The zero-order chi connectivity index (χ0) is 20.4. The lowest BCUT2D eigenvalue weighted by molar-refractivity contribution is 0.0994. The number of rotatable bonds is 5. The lowest BCUT2D eigenvalue weighted by Gasteiger charge is -2.18. The topological polar surface area (TPSA) is 55.1 Å². The summed E-state index contributed by atoms with van der Waals surface area (Å²) in [6, 6.07) is 7.43. The van der Waals surface area contributed by atoms with Crippen molar-refractivity contribution in [2.75, 3.05) is 5.32 Å². The van der Waals surface area contributed by atoms with Gasteiger partial charge in [0.2, 0.25) is 0 Å². The Morgan fingerprint density at radius 1 is 0.964 bits per heavy atom. The smallest absolute Gasteiger partial charge is 0.292 e. The first-order chi connectivity index (χ1) is 13.3. The Kier molecular flexibility index (Phi) is 5.68. The first-order valence-electron chi connectivity index (χ1n) is 9.72. The standard InChI is InChI=1S/C24H28N2O2/c1-7-19-10-11-25-23(12-19)26-24(27)22-9-8-20(28-22)13-21-17(5)15(3)14(2)16(4)18(21)6/h8-12H,7,13H2,1-6H3,(H,25,26,27). The number of furan rings is 1. The molecule has 0 bridgehead atoms. The molecule has 28 heavy (non-hydrogen) atoms. The Morgan fingerprint density at radius 3 is 2.25 bits per heavy atom. The van der Waals surface area contributed by atoms with E-state index in [0.29, 0.717) is 18.0 Å². The summed E-state index contributed by atoms with van der Waals surface area (Å²) in [4.78, 5) is 16.7. The number of amides is 1. The average molecular weight is 377 g/mol. The minimum Gasteiger partial charge on any atom is -0.456 e. The van der Waals surface area contributed by atoms with Crippen LogP contribution in [0.25, 0.3) is 0 Å². The van der Waals surface area contributed by atoms with E-state index in [0.717, 1.165) is 17.7 Å². The molecule has 4 nitrogen and oxygen atoms in total. The number of aryl methyl sites for hydroxylation is 1. The third-order valence-corrected chi connectivity index (χ3v) is 5.87. The number of nitrogens with zero attached hydrogens (tertiary/aromatic N) is 1. The second-order valence-electron chi connectivity index (χ2n) is 7.40. The molecule has 1 N–H and O–H groups in total. The van der Waals surface area contributed by atoms with Crippen molar-refractivity contribution >= 4 is 11.7 Å². The van der Waals surface area contributed by atoms with Gasteiger partial charge in [-0.15, -0.1) is 0 Å². The van der Waals surface area contributed by atoms with Crippen LogP contribution in [0.15, 0.2) is 34.9 Å². The van der Waals surface area contributed by atoms with Gasteiger partial charge in [-0.1, -0.05) is 6.92 Å². The van der Waals surface area contributed by atoms with Crippen molar-refractivity contribution in [2.45, 2.75) is 54.4 Å². The van der Waals surface area contributed by atoms with Crippen LogP contribution >= 0.6 is 0 Å². The summed E-state index contributed by atoms with van der Waals surface area (Å²) < 4.78 is 5.86. The summed E-state index contributed by atoms with van der Waals surface area (Å²) in [6.07, 6.45) is 3.27. The maximum absolute atomic E-state index is 12.5. The van der Waals surface area contributed by atoms with Crippen LogP contribution in [0.1, 0.15) is 62.2 Å². The van der Waals surface area contributed by atoms with Gasteiger partial charge < -0.3 is 9.73 Å². The third kappa shape index (κ3) is 3.86. The number of anilines is 1. The van der Waals surface area contributed by atoms with Gasteiger partial charge in [0.15, 0.2) is 5.76 Å². The predicted octanol–water partition coefficient (Wildman–Crippen LogP) is 5.62. The van der Waals surface area contributed by atoms with Gasteiger partial charge in [-0.3, -0.25) is 4.79 Å². The zero-order valence-electron chi connectivity index (χ0n) is 17.6. The molecule has 1 amide bonds. The molecule has 0 unspecified atom stereocenters. The molecule has 146 valence electrons. The molecule has 0 saturated carbocycles. The first kappa shape index (κ1) is 19.9. The second-order valence-corrected chi connectivity index (χ2v) is 7.40. The number of carbonyl (C=O) groups is 1. The third-order valence-electron chi connectivity index (χ3n) is 5.87. The van der Waals surface area contributed by atoms with Gasteiger partial charge in [0, 0.05) is 12.6 Å². The van der Waals surface area contributed by atoms with Crippen molar-refractivity contribution in [3.8, 4) is 0 Å². The largest absolute Gasteiger partial charge is 0.456 e. The molecule has 1 aromatic carbocycles. The van der Waals surface area contributed by atoms with Crippen molar-refractivity contribution in [3.63, 3.8) is 0 Å². The summed E-state index contributed by atoms with van der Waals surface area (Å²) in [6.45, 7) is 12.9. The maximum atomic E-state index is 12.5. The molecular formula is C24H28N2O2. The molecule has 4 heteroatoms. The first-order valence-corrected chi connectivity index (χ1v) is 9.72. The minimum atomic E-state index is -0.281. The number of pyridine rings is 1. The SMILES string of the molecule is CCc1ccnc(NC(=O)c2ccc(Cc3c(C)c(C)c(C)c(C)c3C)o2)c1. The van der Waals surface area contributed by atoms with Gasteiger partial charge in [-0.05, 0) is 104 Å². The predicted molar refractivity (Wildman–Crippen MR) is 113 cm³/mol. The Bertz CT molecular complexity index is 1000. The summed E-state index contributed by atoms with van der Waals surface area (Å²) in [5.74, 6) is 1.35. The van der Waals surface area contributed by atoms with Gasteiger partial charge in [-0.2, -0.15) is 0 Å². The normalized spacial score (nSPS) is 10.9. The van der Waals surface area contributed by atoms with E-state index < -0.39 is 0 Å². The average Bonchev–Trinajstić information content (AvgIpc) is 3.17. The number of aromatic nitrogens is 1. The van der Waals surface area contributed by atoms with Crippen LogP contribution in [-0.4, -0.2) is 10.9 Å². The van der Waals surface area contributed by atoms with Gasteiger partial charge in [0.1, 0.15) is 11.6 Å². The van der Waals surface area contributed by atoms with Crippen LogP contribution < -0.4 is 5.32 Å². The summed E-state index contributed by atoms with van der Waals surface area (Å²) >= 11 is 0. The molecule has 0 aliphatic carbocycles. The highest BCUT2D eigenvalue weighted by Gasteiger charge is 2.16. The maximum Gasteiger partial charge on any atom is 0.292 e. The monoisotopic (exact) mass is 376 g/mol. The van der Waals surface area contributed by atoms with Crippen molar-refractivity contribution in [1.29, 1.82) is 0 Å². The van der Waals surface area contributed by atoms with E-state index in [1.54, 1.807) is 12.3 Å². The highest BCUT2D eigenvalue weighted by molar-refractivity contribution is 6.01. The van der Waals surface area contributed by atoms with Crippen LogP contribution in [0.4, 0.5) is 5.82 Å². The zero-order valence-corrected chi connectivity index (χ0v) is 17.6. The van der Waals surface area contributed by atoms with Crippen LogP contribution in [0.5, 0.6) is 0 Å². The van der Waals surface area contributed by atoms with E-state index in [4.69, 9.17) is 4.42 Å². The molecule has 2 aromatic heterocycles. The van der Waals surface area contributed by atoms with Crippen LogP contribution in [0.3, 0.4) is 0 Å². The fraction of sp³-hybridized carbons (Fsp3) is 0.333. The Balaban J connectivity index is 1.80. The van der Waals surface area contributed by atoms with E-state index in [2.05, 4.69) is 51.8 Å². The fourth-order valence-corrected chi connectivity index (χ4v) is 3.55. The van der Waals surface area contributed by atoms with Crippen molar-refractivity contribution < 1.29 is 9.21 Å². The number of benzene rings is 1. The molecule has 0 saturated heterocycles. The minimum absolute atomic E-state index is 0.281. The lowest BCUT2D eigenvalue weighted by Crippen LogP contribution is -2.12. The van der Waals surface area contributed by atoms with Crippen LogP contribution in [0.2, 0.25) is 0 Å². The Labute approximate surface area is 167 Å². The number of nitrogens with one attached hydrogen (secondary N) is 1. The highest BCUT2D eigenvalue weighted by Crippen LogP contribution is 2.28. The Morgan fingerprint density at radius 2 is 1.61 bits per heavy atom. The van der Waals surface area contributed by atoms with E-state index in [9.17, 15) is 4.79 Å². The molecule has 0 aliphatic heterocycles. The molecule has 2 heterocycles. The summed E-state index contributed by atoms with van der Waals surface area (Å²) in [7, 11) is 0. The molecular weight excluding hydrogens is 348 g/mol. The number of hydrogen-bond donors (Lipinski definition) is 1. The number of carbonyl (C=O) groups excluding carboxylic acids is 1. The molecule has 3 rings (SSSR count). The molecule has 0 aliphatic rings. The summed E-state index contributed by atoms with van der Waals surface area (Å²) in [5.41, 5.74) is 8.99. The quantitative estimate of drug-likeness (QED) is 0.628. The van der Waals surface area contributed by atoms with Crippen molar-refractivity contribution in [2.24, 2.45) is 0 Å². The van der Waals surface area contributed by atoms with Gasteiger partial charge in [0.05, 0.1) is 0 Å². The molecule has 0 radical (unpaired) electrons. The fourth-order valence-electron chi connectivity index (χ4n) is 3.55. The summed E-state index contributed by atoms with van der Waals surface area (Å²) in [5, 5.41) is 2.81. The Hall–Kier alpha value is -2.88. The van der Waals surface area contributed by atoms with Gasteiger partial charge in [-0.25, -0.2) is 4.98 Å². The van der Waals surface area contributed by atoms with Crippen molar-refractivity contribution in [3.05, 3.63) is 80.9 Å².